The smallest absolute Gasteiger partial charge is 1.00 e. The maximum Gasteiger partial charge on any atom is 4.00 e. The summed E-state index contributed by atoms with van der Waals surface area (Å²) in [5.74, 6) is 0. The van der Waals surface area contributed by atoms with E-state index in [4.69, 9.17) is 0 Å². The van der Waals surface area contributed by atoms with E-state index in [-0.39, 0.29) is 63.4 Å². The number of rotatable bonds is 0. The molecule has 1 nitrogen and oxygen atoms in total. The number of hydrogen-bond acceptors (Lipinski definition) is 0. The molecule has 0 aliphatic heterocycles. The summed E-state index contributed by atoms with van der Waals surface area (Å²) in [6, 6.07) is 16.2. The van der Waals surface area contributed by atoms with Crippen LogP contribution in [0.25, 0.3) is 22.0 Å². The van der Waals surface area contributed by atoms with Gasteiger partial charge < -0.3 is 41.8 Å². The van der Waals surface area contributed by atoms with E-state index < -0.39 is 0 Å². The van der Waals surface area contributed by atoms with Crippen LogP contribution in [0, 0.1) is 6.07 Å². The molecule has 0 atom stereocenters. The summed E-state index contributed by atoms with van der Waals surface area (Å²) in [7, 11) is 2.15. The first kappa shape index (κ1) is 22.2. The van der Waals surface area contributed by atoms with Gasteiger partial charge in [-0.15, -0.1) is 29.7 Å². The van der Waals surface area contributed by atoms with E-state index in [2.05, 4.69) is 63.9 Å². The van der Waals surface area contributed by atoms with Gasteiger partial charge in [-0.2, -0.15) is 0 Å². The summed E-state index contributed by atoms with van der Waals surface area (Å²) in [5.41, 5.74) is 6.82. The summed E-state index contributed by atoms with van der Waals surface area (Å²) >= 11 is 3.55. The Labute approximate surface area is 176 Å². The van der Waals surface area contributed by atoms with Gasteiger partial charge in [-0.1, -0.05) is 33.1 Å². The molecule has 1 aliphatic rings. The van der Waals surface area contributed by atoms with Gasteiger partial charge in [0.05, 0.1) is 0 Å². The van der Waals surface area contributed by atoms with E-state index in [0.29, 0.717) is 0 Å². The topological polar surface area (TPSA) is 4.93 Å². The third-order valence-corrected chi connectivity index (χ3v) is 4.33. The minimum absolute atomic E-state index is 0. The van der Waals surface area contributed by atoms with Crippen LogP contribution in [0.15, 0.2) is 40.9 Å². The third-order valence-electron chi connectivity index (χ3n) is 3.83. The van der Waals surface area contributed by atoms with Crippen molar-refractivity contribution in [1.82, 2.24) is 4.57 Å². The monoisotopic (exact) mass is 491 g/mol. The molecule has 112 valence electrons. The van der Waals surface area contributed by atoms with E-state index in [1.165, 1.54) is 33.3 Å². The number of nitrogens with zero attached hydrogens (tertiary/aromatic N) is 1. The van der Waals surface area contributed by atoms with E-state index >= 15 is 0 Å². The fourth-order valence-corrected chi connectivity index (χ4v) is 3.40. The van der Waals surface area contributed by atoms with Crippen LogP contribution in [-0.4, -0.2) is 4.57 Å². The number of halogens is 4. The zero-order chi connectivity index (χ0) is 12.3. The fraction of sp³-hybridized carbons (Fsp3) is 0.125. The quantitative estimate of drug-likeness (QED) is 0.217. The van der Waals surface area contributed by atoms with Crippen LogP contribution in [-0.2, 0) is 39.7 Å². The van der Waals surface area contributed by atoms with Gasteiger partial charge in [0.1, 0.15) is 0 Å². The first-order valence-electron chi connectivity index (χ1n) is 6.02. The van der Waals surface area contributed by atoms with Crippen molar-refractivity contribution in [3.05, 3.63) is 58.2 Å². The molecular weight excluding hydrogens is 484 g/mol. The molecule has 6 heteroatoms. The van der Waals surface area contributed by atoms with Crippen molar-refractivity contribution in [3.8, 4) is 11.1 Å². The van der Waals surface area contributed by atoms with Gasteiger partial charge in [0, 0.05) is 17.9 Å². The number of aryl methyl sites for hydroxylation is 1. The molecule has 0 amide bonds. The van der Waals surface area contributed by atoms with Gasteiger partial charge in [0.25, 0.3) is 0 Å². The summed E-state index contributed by atoms with van der Waals surface area (Å²) in [6.07, 6.45) is 1.02. The Hall–Kier alpha value is 0.213. The number of aromatic nitrogens is 1. The van der Waals surface area contributed by atoms with Crippen molar-refractivity contribution in [2.45, 2.75) is 6.42 Å². The Kier molecular flexibility index (Phi) is 8.43. The molecule has 2 aromatic carbocycles. The summed E-state index contributed by atoms with van der Waals surface area (Å²) in [5, 5.41) is 1.25. The second-order valence-electron chi connectivity index (χ2n) is 4.79. The Morgan fingerprint density at radius 2 is 1.86 bits per heavy atom. The molecule has 0 radical (unpaired) electrons. The van der Waals surface area contributed by atoms with Gasteiger partial charge in [-0.05, 0) is 28.9 Å². The standard InChI is InChI=1S/C16H11BrN.3ClH.Zr/c1-18-14-5-3-2-4-13(14)16-12-7-6-11(17)8-10(12)9-15(16)18;;;;/h2-3,5-8H,9H2,1H3;3*1H;/q-1;;;;+4/p-3. The van der Waals surface area contributed by atoms with E-state index in [9.17, 15) is 0 Å². The maximum absolute atomic E-state index is 3.55. The van der Waals surface area contributed by atoms with E-state index in [1.54, 1.807) is 0 Å². The molecule has 3 aromatic rings. The van der Waals surface area contributed by atoms with Crippen LogP contribution in [0.2, 0.25) is 0 Å². The van der Waals surface area contributed by atoms with Crippen LogP contribution >= 0.6 is 15.9 Å². The molecular formula is C16H11BrCl3NZr. The molecule has 1 heterocycles. The van der Waals surface area contributed by atoms with Crippen molar-refractivity contribution in [1.29, 1.82) is 0 Å². The molecule has 0 unspecified atom stereocenters. The average molecular weight is 495 g/mol. The minimum Gasteiger partial charge on any atom is -1.00 e. The average Bonchev–Trinajstić information content (AvgIpc) is 2.87. The zero-order valence-corrected chi connectivity index (χ0v) is 17.9. The number of hydrogen-bond donors (Lipinski definition) is 0. The molecule has 0 fully saturated rings. The molecule has 22 heavy (non-hydrogen) atoms. The maximum atomic E-state index is 3.55. The number of fused-ring (bicyclic) bond motifs is 5. The van der Waals surface area contributed by atoms with Gasteiger partial charge >= 0.3 is 26.2 Å². The van der Waals surface area contributed by atoms with Crippen LogP contribution in [0.5, 0.6) is 0 Å². The van der Waals surface area contributed by atoms with Crippen molar-refractivity contribution in [3.63, 3.8) is 0 Å². The Morgan fingerprint density at radius 1 is 1.14 bits per heavy atom. The van der Waals surface area contributed by atoms with Crippen LogP contribution < -0.4 is 37.2 Å². The SMILES string of the molecule is Cn1c2c(c3[c-]cccc31)-c1ccc(Br)cc1C2.[Cl-].[Cl-].[Cl-].[Zr+4]. The largest absolute Gasteiger partial charge is 4.00 e. The molecule has 0 bridgehead atoms. The normalized spacial score (nSPS) is 10.5. The predicted octanol–water partition coefficient (Wildman–Crippen LogP) is -4.68. The molecule has 0 spiro atoms. The Bertz CT molecular complexity index is 801. The van der Waals surface area contributed by atoms with Gasteiger partial charge in [0.2, 0.25) is 0 Å². The van der Waals surface area contributed by atoms with Crippen molar-refractivity contribution in [2.24, 2.45) is 7.05 Å². The first-order valence-corrected chi connectivity index (χ1v) is 6.82. The molecule has 1 aliphatic carbocycles. The van der Waals surface area contributed by atoms with Gasteiger partial charge in [-0.25, -0.2) is 0 Å². The van der Waals surface area contributed by atoms with Gasteiger partial charge in [-0.3, -0.25) is 0 Å². The first-order chi connectivity index (χ1) is 8.75. The Morgan fingerprint density at radius 3 is 2.59 bits per heavy atom. The molecule has 0 N–H and O–H groups in total. The summed E-state index contributed by atoms with van der Waals surface area (Å²) < 4.78 is 3.46. The summed E-state index contributed by atoms with van der Waals surface area (Å²) in [4.78, 5) is 0. The van der Waals surface area contributed by atoms with E-state index in [0.717, 1.165) is 10.9 Å². The molecule has 4 rings (SSSR count). The predicted molar refractivity (Wildman–Crippen MR) is 77.7 cm³/mol. The van der Waals surface area contributed by atoms with Crippen LogP contribution in [0.3, 0.4) is 0 Å². The molecule has 0 saturated carbocycles. The van der Waals surface area contributed by atoms with Crippen molar-refractivity contribution in [2.75, 3.05) is 0 Å². The molecule has 0 saturated heterocycles. The number of benzene rings is 2. The third kappa shape index (κ3) is 3.21. The van der Waals surface area contributed by atoms with Gasteiger partial charge in [0.15, 0.2) is 0 Å². The second-order valence-corrected chi connectivity index (χ2v) is 5.70. The molecule has 1 aromatic heterocycles. The van der Waals surface area contributed by atoms with Crippen LogP contribution in [0.1, 0.15) is 11.3 Å². The van der Waals surface area contributed by atoms with Crippen molar-refractivity contribution < 1.29 is 63.4 Å². The van der Waals surface area contributed by atoms with Crippen LogP contribution in [0.4, 0.5) is 0 Å². The Balaban J connectivity index is 0.00000110. The zero-order valence-electron chi connectivity index (χ0n) is 11.6. The van der Waals surface area contributed by atoms with Crippen molar-refractivity contribution >= 4 is 26.8 Å². The van der Waals surface area contributed by atoms with E-state index in [1.807, 2.05) is 6.07 Å². The second kappa shape index (κ2) is 8.35. The fourth-order valence-electron chi connectivity index (χ4n) is 3.00. The minimum atomic E-state index is 0. The summed E-state index contributed by atoms with van der Waals surface area (Å²) in [6.45, 7) is 0.